The zero-order valence-electron chi connectivity index (χ0n) is 12.1. The predicted octanol–water partition coefficient (Wildman–Crippen LogP) is 5.56. The largest absolute Gasteiger partial charge is 0.0651 e. The van der Waals surface area contributed by atoms with Crippen LogP contribution < -0.4 is 0 Å². The van der Waals surface area contributed by atoms with Gasteiger partial charge in [0.1, 0.15) is 0 Å². The molecule has 0 aromatic heterocycles. The molecule has 0 N–H and O–H groups in total. The highest BCUT2D eigenvalue weighted by atomic mass is 14.3. The summed E-state index contributed by atoms with van der Waals surface area (Å²) in [5.41, 5.74) is 7.83. The van der Waals surface area contributed by atoms with Crippen molar-refractivity contribution in [2.75, 3.05) is 0 Å². The second-order valence-electron chi connectivity index (χ2n) is 5.28. The minimum absolute atomic E-state index is 1.21. The highest BCUT2D eigenvalue weighted by Gasteiger charge is 2.22. The van der Waals surface area contributed by atoms with Gasteiger partial charge in [0.2, 0.25) is 0 Å². The second-order valence-corrected chi connectivity index (χ2v) is 5.28. The zero-order valence-corrected chi connectivity index (χ0v) is 12.1. The van der Waals surface area contributed by atoms with Gasteiger partial charge in [-0.25, -0.2) is 0 Å². The maximum Gasteiger partial charge on any atom is 0.0167 e. The molecule has 0 unspecified atom stereocenters. The summed E-state index contributed by atoms with van der Waals surface area (Å²) in [5, 5.41) is 0. The molecule has 0 heteroatoms. The summed E-state index contributed by atoms with van der Waals surface area (Å²) < 4.78 is 0. The van der Waals surface area contributed by atoms with Gasteiger partial charge in [-0.15, -0.1) is 0 Å². The first-order valence-electron chi connectivity index (χ1n) is 7.50. The number of benzene rings is 1. The molecule has 0 nitrogen and oxygen atoms in total. The Bertz CT molecular complexity index is 437. The minimum Gasteiger partial charge on any atom is -0.0651 e. The fourth-order valence-electron chi connectivity index (χ4n) is 3.05. The van der Waals surface area contributed by atoms with Crippen molar-refractivity contribution in [3.05, 3.63) is 46.9 Å². The standard InChI is InChI=1S/C18H25/c1-4-8-14-11-7-12-16-13-15(9-5-2)17(10-6-3)18(14)16/h7,11-13H,4-6,8-10H2,1-3H3. The van der Waals surface area contributed by atoms with Crippen LogP contribution in [-0.2, 0) is 6.42 Å². The van der Waals surface area contributed by atoms with Crippen LogP contribution in [0.15, 0.2) is 23.8 Å². The fourth-order valence-corrected chi connectivity index (χ4v) is 3.05. The normalized spacial score (nSPS) is 14.2. The maximum atomic E-state index is 2.43. The number of hydrogen-bond acceptors (Lipinski definition) is 0. The molecule has 0 amide bonds. The molecule has 0 heterocycles. The summed E-state index contributed by atoms with van der Waals surface area (Å²) in [7, 11) is 0. The van der Waals surface area contributed by atoms with E-state index in [1.807, 2.05) is 0 Å². The van der Waals surface area contributed by atoms with Crippen LogP contribution in [-0.4, -0.2) is 0 Å². The van der Waals surface area contributed by atoms with E-state index in [9.17, 15) is 0 Å². The van der Waals surface area contributed by atoms with Gasteiger partial charge in [-0.05, 0) is 41.5 Å². The van der Waals surface area contributed by atoms with E-state index in [1.165, 1.54) is 44.1 Å². The van der Waals surface area contributed by atoms with Gasteiger partial charge in [0.15, 0.2) is 0 Å². The first-order chi connectivity index (χ1) is 8.81. The second kappa shape index (κ2) is 6.22. The van der Waals surface area contributed by atoms with E-state index in [1.54, 1.807) is 22.3 Å². The predicted molar refractivity (Wildman–Crippen MR) is 80.6 cm³/mol. The van der Waals surface area contributed by atoms with Crippen LogP contribution in [0.5, 0.6) is 0 Å². The highest BCUT2D eigenvalue weighted by Crippen LogP contribution is 2.41. The summed E-state index contributed by atoms with van der Waals surface area (Å²) in [6.45, 7) is 6.84. The van der Waals surface area contributed by atoms with Crippen molar-refractivity contribution in [3.8, 4) is 0 Å². The van der Waals surface area contributed by atoms with E-state index >= 15 is 0 Å². The van der Waals surface area contributed by atoms with E-state index in [0.29, 0.717) is 0 Å². The lowest BCUT2D eigenvalue weighted by Gasteiger charge is -2.12. The third-order valence-corrected chi connectivity index (χ3v) is 3.74. The first-order valence-corrected chi connectivity index (χ1v) is 7.50. The molecule has 2 rings (SSSR count). The lowest BCUT2D eigenvalue weighted by Crippen LogP contribution is -1.94. The monoisotopic (exact) mass is 241 g/mol. The Hall–Kier alpha value is -1.04. The van der Waals surface area contributed by atoms with Crippen LogP contribution in [0.1, 0.15) is 69.6 Å². The summed E-state index contributed by atoms with van der Waals surface area (Å²) in [6, 6.07) is 6.83. The zero-order chi connectivity index (χ0) is 13.0. The van der Waals surface area contributed by atoms with E-state index < -0.39 is 0 Å². The van der Waals surface area contributed by atoms with Gasteiger partial charge in [-0.2, -0.15) is 0 Å². The lowest BCUT2D eigenvalue weighted by molar-refractivity contribution is 0.898. The molecule has 97 valence electrons. The SMILES string of the molecule is CCCC1=C(CCC)c2c(cccc2CCC)[CH]1. The molecule has 1 aliphatic carbocycles. The molecular formula is C18H25. The van der Waals surface area contributed by atoms with Gasteiger partial charge in [0.05, 0.1) is 0 Å². The minimum atomic E-state index is 1.21. The molecule has 0 aliphatic heterocycles. The molecule has 0 fully saturated rings. The summed E-state index contributed by atoms with van der Waals surface area (Å²) in [4.78, 5) is 0. The third kappa shape index (κ3) is 2.53. The van der Waals surface area contributed by atoms with Gasteiger partial charge in [0, 0.05) is 6.42 Å². The molecule has 1 aliphatic rings. The molecule has 1 radical (unpaired) electrons. The number of fused-ring (bicyclic) bond motifs is 1. The summed E-state index contributed by atoms with van der Waals surface area (Å²) in [6.07, 6.45) is 9.84. The van der Waals surface area contributed by atoms with Gasteiger partial charge in [-0.3, -0.25) is 0 Å². The molecule has 0 saturated heterocycles. The molecular weight excluding hydrogens is 216 g/mol. The van der Waals surface area contributed by atoms with E-state index in [0.717, 1.165) is 0 Å². The lowest BCUT2D eigenvalue weighted by atomic mass is 9.93. The fraction of sp³-hybridized carbons (Fsp3) is 0.500. The van der Waals surface area contributed by atoms with Crippen LogP contribution in [0.2, 0.25) is 0 Å². The third-order valence-electron chi connectivity index (χ3n) is 3.74. The number of hydrogen-bond donors (Lipinski definition) is 0. The average Bonchev–Trinajstić information content (AvgIpc) is 2.70. The molecule has 0 saturated carbocycles. The van der Waals surface area contributed by atoms with E-state index in [4.69, 9.17) is 0 Å². The number of allylic oxidation sites excluding steroid dienone is 2. The van der Waals surface area contributed by atoms with Crippen molar-refractivity contribution in [1.82, 2.24) is 0 Å². The van der Waals surface area contributed by atoms with Crippen LogP contribution >= 0.6 is 0 Å². The Kier molecular flexibility index (Phi) is 4.63. The van der Waals surface area contributed by atoms with Crippen LogP contribution in [0.25, 0.3) is 5.57 Å². The number of rotatable bonds is 6. The highest BCUT2D eigenvalue weighted by molar-refractivity contribution is 5.82. The Morgan fingerprint density at radius 3 is 2.22 bits per heavy atom. The Morgan fingerprint density at radius 2 is 1.56 bits per heavy atom. The number of aryl methyl sites for hydroxylation is 1. The molecule has 1 aromatic carbocycles. The van der Waals surface area contributed by atoms with Crippen molar-refractivity contribution in [2.24, 2.45) is 0 Å². The first kappa shape index (κ1) is 13.4. The average molecular weight is 241 g/mol. The van der Waals surface area contributed by atoms with Gasteiger partial charge < -0.3 is 0 Å². The molecule has 0 atom stereocenters. The van der Waals surface area contributed by atoms with Crippen LogP contribution in [0.4, 0.5) is 0 Å². The van der Waals surface area contributed by atoms with Crippen LogP contribution in [0.3, 0.4) is 0 Å². The molecule has 18 heavy (non-hydrogen) atoms. The maximum absolute atomic E-state index is 2.43. The van der Waals surface area contributed by atoms with Gasteiger partial charge in [0.25, 0.3) is 0 Å². The quantitative estimate of drug-likeness (QED) is 0.611. The van der Waals surface area contributed by atoms with Gasteiger partial charge >= 0.3 is 0 Å². The topological polar surface area (TPSA) is 0 Å². The Balaban J connectivity index is 2.42. The van der Waals surface area contributed by atoms with E-state index in [2.05, 4.69) is 45.4 Å². The smallest absolute Gasteiger partial charge is 0.0167 e. The Labute approximate surface area is 112 Å². The molecule has 0 bridgehead atoms. The summed E-state index contributed by atoms with van der Waals surface area (Å²) >= 11 is 0. The van der Waals surface area contributed by atoms with Crippen molar-refractivity contribution < 1.29 is 0 Å². The van der Waals surface area contributed by atoms with Crippen molar-refractivity contribution in [1.29, 1.82) is 0 Å². The van der Waals surface area contributed by atoms with Crippen molar-refractivity contribution in [3.63, 3.8) is 0 Å². The molecule has 0 spiro atoms. The van der Waals surface area contributed by atoms with Gasteiger partial charge in [-0.1, -0.05) is 63.8 Å². The van der Waals surface area contributed by atoms with Crippen LogP contribution in [0, 0.1) is 6.42 Å². The molecule has 1 aromatic rings. The Morgan fingerprint density at radius 1 is 0.833 bits per heavy atom. The van der Waals surface area contributed by atoms with E-state index in [-0.39, 0.29) is 0 Å². The van der Waals surface area contributed by atoms with Crippen molar-refractivity contribution in [2.45, 2.75) is 59.3 Å². The summed E-state index contributed by atoms with van der Waals surface area (Å²) in [5.74, 6) is 0. The van der Waals surface area contributed by atoms with Crippen molar-refractivity contribution >= 4 is 5.57 Å².